The molecular formula is C21H25N7. The van der Waals surface area contributed by atoms with Crippen LogP contribution in [0.1, 0.15) is 54.7 Å². The minimum Gasteiger partial charge on any atom is -0.356 e. The van der Waals surface area contributed by atoms with Crippen LogP contribution in [0.2, 0.25) is 0 Å². The van der Waals surface area contributed by atoms with Gasteiger partial charge in [0, 0.05) is 54.3 Å². The molecule has 28 heavy (non-hydrogen) atoms. The second-order valence-electron chi connectivity index (χ2n) is 7.91. The Morgan fingerprint density at radius 1 is 0.964 bits per heavy atom. The van der Waals surface area contributed by atoms with Crippen molar-refractivity contribution in [1.82, 2.24) is 29.7 Å². The highest BCUT2D eigenvalue weighted by molar-refractivity contribution is 5.60. The van der Waals surface area contributed by atoms with E-state index >= 15 is 0 Å². The zero-order chi connectivity index (χ0) is 19.1. The molecule has 3 aromatic rings. The first kappa shape index (κ1) is 17.3. The first-order chi connectivity index (χ1) is 13.7. The van der Waals surface area contributed by atoms with E-state index in [2.05, 4.69) is 38.5 Å². The lowest BCUT2D eigenvalue weighted by Gasteiger charge is -2.33. The minimum absolute atomic E-state index is 0.488. The van der Waals surface area contributed by atoms with E-state index in [4.69, 9.17) is 9.97 Å². The molecule has 4 heterocycles. The van der Waals surface area contributed by atoms with Gasteiger partial charge in [0.15, 0.2) is 5.82 Å². The maximum absolute atomic E-state index is 4.92. The predicted molar refractivity (Wildman–Crippen MR) is 107 cm³/mol. The lowest BCUT2D eigenvalue weighted by Crippen LogP contribution is -2.35. The zero-order valence-corrected chi connectivity index (χ0v) is 16.4. The van der Waals surface area contributed by atoms with E-state index in [-0.39, 0.29) is 0 Å². The Labute approximate surface area is 164 Å². The second-order valence-corrected chi connectivity index (χ2v) is 7.91. The number of aryl methyl sites for hydroxylation is 1. The third kappa shape index (κ3) is 3.15. The summed E-state index contributed by atoms with van der Waals surface area (Å²) in [5, 5.41) is 8.63. The van der Waals surface area contributed by atoms with Gasteiger partial charge in [-0.1, -0.05) is 0 Å². The predicted octanol–water partition coefficient (Wildman–Crippen LogP) is 3.47. The van der Waals surface area contributed by atoms with Crippen LogP contribution in [0.25, 0.3) is 11.4 Å². The summed E-state index contributed by atoms with van der Waals surface area (Å²) < 4.78 is 2.31. The number of pyridine rings is 1. The zero-order valence-electron chi connectivity index (χ0n) is 16.4. The Balaban J connectivity index is 1.37. The number of hydrogen-bond donors (Lipinski definition) is 0. The van der Waals surface area contributed by atoms with Crippen molar-refractivity contribution in [2.24, 2.45) is 0 Å². The van der Waals surface area contributed by atoms with E-state index in [1.54, 1.807) is 12.4 Å². The van der Waals surface area contributed by atoms with Crippen molar-refractivity contribution in [2.45, 2.75) is 51.5 Å². The summed E-state index contributed by atoms with van der Waals surface area (Å²) in [7, 11) is 0. The molecule has 144 valence electrons. The van der Waals surface area contributed by atoms with E-state index in [1.165, 1.54) is 18.7 Å². The summed E-state index contributed by atoms with van der Waals surface area (Å²) >= 11 is 0. The molecule has 7 nitrogen and oxygen atoms in total. The highest BCUT2D eigenvalue weighted by Crippen LogP contribution is 2.39. The quantitative estimate of drug-likeness (QED) is 0.695. The second kappa shape index (κ2) is 6.96. The molecule has 1 saturated heterocycles. The molecule has 0 unspecified atom stereocenters. The first-order valence-electron chi connectivity index (χ1n) is 10.1. The summed E-state index contributed by atoms with van der Waals surface area (Å²) in [6.07, 6.45) is 10.2. The molecule has 0 spiro atoms. The molecule has 1 aliphatic heterocycles. The molecule has 0 bridgehead atoms. The Bertz CT molecular complexity index is 970. The number of piperidine rings is 1. The van der Waals surface area contributed by atoms with Gasteiger partial charge in [0.2, 0.25) is 0 Å². The third-order valence-corrected chi connectivity index (χ3v) is 6.00. The maximum Gasteiger partial charge on any atom is 0.161 e. The molecule has 1 saturated carbocycles. The summed E-state index contributed by atoms with van der Waals surface area (Å²) in [5.41, 5.74) is 3.21. The number of aromatic nitrogens is 6. The van der Waals surface area contributed by atoms with Crippen molar-refractivity contribution in [3.05, 3.63) is 47.9 Å². The minimum atomic E-state index is 0.488. The average molecular weight is 375 g/mol. The molecular weight excluding hydrogens is 350 g/mol. The van der Waals surface area contributed by atoms with Crippen LogP contribution in [0.5, 0.6) is 0 Å². The van der Waals surface area contributed by atoms with Crippen LogP contribution in [0, 0.1) is 13.8 Å². The molecule has 3 aromatic heterocycles. The van der Waals surface area contributed by atoms with E-state index < -0.39 is 0 Å². The Hall–Kier alpha value is -2.83. The molecule has 5 rings (SSSR count). The van der Waals surface area contributed by atoms with Crippen molar-refractivity contribution >= 4 is 5.82 Å². The molecule has 0 N–H and O–H groups in total. The molecule has 0 atom stereocenters. The fourth-order valence-electron chi connectivity index (χ4n) is 4.08. The van der Waals surface area contributed by atoms with Gasteiger partial charge in [-0.15, -0.1) is 10.2 Å². The van der Waals surface area contributed by atoms with Crippen LogP contribution in [0.4, 0.5) is 5.82 Å². The smallest absolute Gasteiger partial charge is 0.161 e. The summed E-state index contributed by atoms with van der Waals surface area (Å²) in [5.74, 6) is 3.50. The van der Waals surface area contributed by atoms with Gasteiger partial charge in [0.25, 0.3) is 0 Å². The standard InChI is InChI=1S/C21H25N7/c1-14-15(2)24-19(16-5-9-22-10-6-16)25-20(14)27-11-7-17(8-12-27)21-26-23-13-28(21)18-3-4-18/h5-6,9-10,13,17-18H,3-4,7-8,11-12H2,1-2H3. The molecule has 1 aliphatic carbocycles. The fourth-order valence-corrected chi connectivity index (χ4v) is 4.08. The molecule has 2 aliphatic rings. The number of rotatable bonds is 4. The van der Waals surface area contributed by atoms with Gasteiger partial charge >= 0.3 is 0 Å². The van der Waals surface area contributed by atoms with Gasteiger partial charge in [-0.05, 0) is 51.7 Å². The van der Waals surface area contributed by atoms with Gasteiger partial charge < -0.3 is 9.47 Å². The highest BCUT2D eigenvalue weighted by Gasteiger charge is 2.31. The lowest BCUT2D eigenvalue weighted by molar-refractivity contribution is 0.463. The highest BCUT2D eigenvalue weighted by atomic mass is 15.3. The van der Waals surface area contributed by atoms with Crippen LogP contribution in [0.3, 0.4) is 0 Å². The molecule has 0 amide bonds. The van der Waals surface area contributed by atoms with Crippen molar-refractivity contribution in [1.29, 1.82) is 0 Å². The third-order valence-electron chi connectivity index (χ3n) is 6.00. The SMILES string of the molecule is Cc1nc(-c2ccncc2)nc(N2CCC(c3nncn3C3CC3)CC2)c1C. The summed E-state index contributed by atoms with van der Waals surface area (Å²) in [6.45, 7) is 6.15. The van der Waals surface area contributed by atoms with Gasteiger partial charge in [-0.2, -0.15) is 0 Å². The van der Waals surface area contributed by atoms with Crippen molar-refractivity contribution < 1.29 is 0 Å². The first-order valence-corrected chi connectivity index (χ1v) is 10.1. The largest absolute Gasteiger partial charge is 0.356 e. The summed E-state index contributed by atoms with van der Waals surface area (Å²) in [4.78, 5) is 16.1. The summed E-state index contributed by atoms with van der Waals surface area (Å²) in [6, 6.07) is 4.56. The Morgan fingerprint density at radius 3 is 2.43 bits per heavy atom. The van der Waals surface area contributed by atoms with Crippen LogP contribution in [-0.2, 0) is 0 Å². The van der Waals surface area contributed by atoms with E-state index in [0.717, 1.165) is 54.4 Å². The maximum atomic E-state index is 4.92. The number of hydrogen-bond acceptors (Lipinski definition) is 6. The van der Waals surface area contributed by atoms with Crippen LogP contribution in [-0.4, -0.2) is 42.8 Å². The molecule has 7 heteroatoms. The lowest BCUT2D eigenvalue weighted by atomic mass is 9.95. The van der Waals surface area contributed by atoms with E-state index in [9.17, 15) is 0 Å². The molecule has 2 fully saturated rings. The Morgan fingerprint density at radius 2 is 1.71 bits per heavy atom. The van der Waals surface area contributed by atoms with Crippen LogP contribution >= 0.6 is 0 Å². The van der Waals surface area contributed by atoms with E-state index in [1.807, 2.05) is 18.5 Å². The monoisotopic (exact) mass is 375 g/mol. The Kier molecular flexibility index (Phi) is 4.30. The van der Waals surface area contributed by atoms with E-state index in [0.29, 0.717) is 12.0 Å². The van der Waals surface area contributed by atoms with Gasteiger partial charge in [0.05, 0.1) is 0 Å². The van der Waals surface area contributed by atoms with Crippen molar-refractivity contribution in [3.8, 4) is 11.4 Å². The average Bonchev–Trinajstić information content (AvgIpc) is 3.47. The van der Waals surface area contributed by atoms with Crippen LogP contribution in [0.15, 0.2) is 30.9 Å². The van der Waals surface area contributed by atoms with Gasteiger partial charge in [0.1, 0.15) is 18.0 Å². The van der Waals surface area contributed by atoms with Gasteiger partial charge in [-0.25, -0.2) is 9.97 Å². The molecule has 0 radical (unpaired) electrons. The fraction of sp³-hybridized carbons (Fsp3) is 0.476. The topological polar surface area (TPSA) is 72.6 Å². The van der Waals surface area contributed by atoms with Crippen LogP contribution < -0.4 is 4.90 Å². The van der Waals surface area contributed by atoms with Gasteiger partial charge in [-0.3, -0.25) is 4.98 Å². The normalized spacial score (nSPS) is 17.9. The van der Waals surface area contributed by atoms with Crippen molar-refractivity contribution in [2.75, 3.05) is 18.0 Å². The molecule has 0 aromatic carbocycles. The number of nitrogens with zero attached hydrogens (tertiary/aromatic N) is 7. The van der Waals surface area contributed by atoms with Crippen molar-refractivity contribution in [3.63, 3.8) is 0 Å². The number of anilines is 1.